The Balaban J connectivity index is 1.68. The second-order valence-corrected chi connectivity index (χ2v) is 5.60. The molecule has 1 aromatic heterocycles. The van der Waals surface area contributed by atoms with E-state index < -0.39 is 0 Å². The summed E-state index contributed by atoms with van der Waals surface area (Å²) in [5.74, 6) is 0.462. The van der Waals surface area contributed by atoms with Crippen LogP contribution in [0, 0.1) is 0 Å². The largest absolute Gasteiger partial charge is 0.378 e. The number of aromatic nitrogens is 2. The summed E-state index contributed by atoms with van der Waals surface area (Å²) < 4.78 is 0. The fraction of sp³-hybridized carbons (Fsp3) is 0.312. The van der Waals surface area contributed by atoms with Crippen molar-refractivity contribution >= 4 is 23.1 Å². The molecule has 6 nitrogen and oxygen atoms in total. The summed E-state index contributed by atoms with van der Waals surface area (Å²) in [6.07, 6.45) is 3.72. The summed E-state index contributed by atoms with van der Waals surface area (Å²) in [6, 6.07) is 9.83. The van der Waals surface area contributed by atoms with Gasteiger partial charge in [0.1, 0.15) is 17.8 Å². The number of anilines is 3. The summed E-state index contributed by atoms with van der Waals surface area (Å²) in [5, 5.41) is 6.10. The summed E-state index contributed by atoms with van der Waals surface area (Å²) >= 11 is 0. The number of nitrogens with zero attached hydrogens (tertiary/aromatic N) is 3. The van der Waals surface area contributed by atoms with Gasteiger partial charge in [-0.1, -0.05) is 0 Å². The molecule has 1 saturated carbocycles. The normalized spacial score (nSPS) is 13.5. The Morgan fingerprint density at radius 2 is 1.91 bits per heavy atom. The molecule has 1 aliphatic carbocycles. The first-order valence-electron chi connectivity index (χ1n) is 7.29. The van der Waals surface area contributed by atoms with Crippen molar-refractivity contribution < 1.29 is 4.79 Å². The van der Waals surface area contributed by atoms with Crippen LogP contribution in [-0.2, 0) is 0 Å². The predicted octanol–water partition coefficient (Wildman–Crippen LogP) is 2.37. The smallest absolute Gasteiger partial charge is 0.274 e. The Hall–Kier alpha value is -2.63. The standard InChI is InChI=1S/C16H19N5O/c1-21(2)13-7-5-12(6-8-13)20-16(22)14-9-15(18-10-17-14)19-11-3-4-11/h5-11H,3-4H2,1-2H3,(H,20,22)(H,17,18,19). The van der Waals surface area contributed by atoms with Gasteiger partial charge in [-0.3, -0.25) is 4.79 Å². The van der Waals surface area contributed by atoms with Gasteiger partial charge in [-0.2, -0.15) is 0 Å². The minimum Gasteiger partial charge on any atom is -0.378 e. The van der Waals surface area contributed by atoms with Gasteiger partial charge >= 0.3 is 0 Å². The van der Waals surface area contributed by atoms with Crippen molar-refractivity contribution in [1.82, 2.24) is 9.97 Å². The number of carbonyl (C=O) groups excluding carboxylic acids is 1. The van der Waals surface area contributed by atoms with E-state index in [2.05, 4.69) is 20.6 Å². The van der Waals surface area contributed by atoms with Gasteiger partial charge < -0.3 is 15.5 Å². The highest BCUT2D eigenvalue weighted by Gasteiger charge is 2.21. The quantitative estimate of drug-likeness (QED) is 0.886. The third kappa shape index (κ3) is 3.52. The average molecular weight is 297 g/mol. The van der Waals surface area contributed by atoms with Crippen LogP contribution >= 0.6 is 0 Å². The molecule has 0 atom stereocenters. The zero-order chi connectivity index (χ0) is 15.5. The molecule has 22 heavy (non-hydrogen) atoms. The van der Waals surface area contributed by atoms with E-state index in [1.54, 1.807) is 6.07 Å². The van der Waals surface area contributed by atoms with Gasteiger partial charge in [-0.25, -0.2) is 9.97 Å². The number of hydrogen-bond donors (Lipinski definition) is 2. The van der Waals surface area contributed by atoms with Gasteiger partial charge in [0.15, 0.2) is 0 Å². The Morgan fingerprint density at radius 1 is 1.18 bits per heavy atom. The van der Waals surface area contributed by atoms with Crippen LogP contribution in [0.15, 0.2) is 36.7 Å². The molecular formula is C16H19N5O. The average Bonchev–Trinajstić information content (AvgIpc) is 3.32. The highest BCUT2D eigenvalue weighted by molar-refractivity contribution is 6.03. The van der Waals surface area contributed by atoms with Crippen molar-refractivity contribution in [1.29, 1.82) is 0 Å². The van der Waals surface area contributed by atoms with E-state index in [1.165, 1.54) is 6.33 Å². The highest BCUT2D eigenvalue weighted by Crippen LogP contribution is 2.23. The third-order valence-electron chi connectivity index (χ3n) is 3.47. The first-order chi connectivity index (χ1) is 10.6. The summed E-state index contributed by atoms with van der Waals surface area (Å²) in [7, 11) is 3.95. The minimum atomic E-state index is -0.237. The van der Waals surface area contributed by atoms with E-state index in [1.807, 2.05) is 43.3 Å². The molecule has 2 aromatic rings. The van der Waals surface area contributed by atoms with E-state index in [4.69, 9.17) is 0 Å². The monoisotopic (exact) mass is 297 g/mol. The minimum absolute atomic E-state index is 0.237. The van der Waals surface area contributed by atoms with Crippen LogP contribution in [0.5, 0.6) is 0 Å². The number of amides is 1. The molecule has 1 heterocycles. The molecule has 0 saturated heterocycles. The highest BCUT2D eigenvalue weighted by atomic mass is 16.1. The molecule has 0 aliphatic heterocycles. The topological polar surface area (TPSA) is 70.2 Å². The van der Waals surface area contributed by atoms with E-state index in [0.717, 1.165) is 24.2 Å². The first-order valence-corrected chi connectivity index (χ1v) is 7.29. The Morgan fingerprint density at radius 3 is 2.55 bits per heavy atom. The lowest BCUT2D eigenvalue weighted by Gasteiger charge is -2.13. The zero-order valence-electron chi connectivity index (χ0n) is 12.7. The molecule has 1 amide bonds. The van der Waals surface area contributed by atoms with Crippen LogP contribution in [0.4, 0.5) is 17.2 Å². The number of rotatable bonds is 5. The van der Waals surface area contributed by atoms with Gasteiger partial charge in [0, 0.05) is 37.6 Å². The van der Waals surface area contributed by atoms with Crippen molar-refractivity contribution in [3.63, 3.8) is 0 Å². The molecule has 1 fully saturated rings. The number of hydrogen-bond acceptors (Lipinski definition) is 5. The molecule has 114 valence electrons. The summed E-state index contributed by atoms with van der Waals surface area (Å²) in [6.45, 7) is 0. The number of benzene rings is 1. The summed E-state index contributed by atoms with van der Waals surface area (Å²) in [4.78, 5) is 22.4. The maximum atomic E-state index is 12.2. The Labute approximate surface area is 129 Å². The lowest BCUT2D eigenvalue weighted by molar-refractivity contribution is 0.102. The number of carbonyl (C=O) groups is 1. The van der Waals surface area contributed by atoms with Crippen molar-refractivity contribution in [3.8, 4) is 0 Å². The van der Waals surface area contributed by atoms with E-state index in [9.17, 15) is 4.79 Å². The van der Waals surface area contributed by atoms with Gasteiger partial charge in [0.05, 0.1) is 0 Å². The maximum Gasteiger partial charge on any atom is 0.274 e. The SMILES string of the molecule is CN(C)c1ccc(NC(=O)c2cc(NC3CC3)ncn2)cc1. The van der Waals surface area contributed by atoms with E-state index in [0.29, 0.717) is 17.6 Å². The molecule has 2 N–H and O–H groups in total. The predicted molar refractivity (Wildman–Crippen MR) is 87.4 cm³/mol. The second-order valence-electron chi connectivity index (χ2n) is 5.60. The molecule has 0 radical (unpaired) electrons. The van der Waals surface area contributed by atoms with Crippen molar-refractivity contribution in [2.45, 2.75) is 18.9 Å². The number of nitrogens with one attached hydrogen (secondary N) is 2. The molecule has 0 unspecified atom stereocenters. The van der Waals surface area contributed by atoms with Crippen LogP contribution in [-0.4, -0.2) is 36.0 Å². The van der Waals surface area contributed by atoms with Gasteiger partial charge in [-0.15, -0.1) is 0 Å². The molecular weight excluding hydrogens is 278 g/mol. The molecule has 0 spiro atoms. The Bertz CT molecular complexity index is 664. The second kappa shape index (κ2) is 6.01. The molecule has 0 bridgehead atoms. The van der Waals surface area contributed by atoms with Gasteiger partial charge in [0.25, 0.3) is 5.91 Å². The lowest BCUT2D eigenvalue weighted by atomic mass is 10.2. The van der Waals surface area contributed by atoms with Gasteiger partial charge in [-0.05, 0) is 37.1 Å². The lowest BCUT2D eigenvalue weighted by Crippen LogP contribution is -2.15. The van der Waals surface area contributed by atoms with Crippen molar-refractivity contribution in [2.75, 3.05) is 29.6 Å². The van der Waals surface area contributed by atoms with Crippen LogP contribution in [0.2, 0.25) is 0 Å². The van der Waals surface area contributed by atoms with Crippen LogP contribution < -0.4 is 15.5 Å². The van der Waals surface area contributed by atoms with Crippen LogP contribution in [0.1, 0.15) is 23.3 Å². The summed E-state index contributed by atoms with van der Waals surface area (Å²) in [5.41, 5.74) is 2.18. The molecule has 6 heteroatoms. The van der Waals surface area contributed by atoms with Crippen molar-refractivity contribution in [2.24, 2.45) is 0 Å². The van der Waals surface area contributed by atoms with E-state index in [-0.39, 0.29) is 5.91 Å². The third-order valence-corrected chi connectivity index (χ3v) is 3.47. The Kier molecular flexibility index (Phi) is 3.91. The van der Waals surface area contributed by atoms with Gasteiger partial charge in [0.2, 0.25) is 0 Å². The fourth-order valence-corrected chi connectivity index (χ4v) is 2.04. The van der Waals surface area contributed by atoms with E-state index >= 15 is 0 Å². The molecule has 3 rings (SSSR count). The van der Waals surface area contributed by atoms with Crippen molar-refractivity contribution in [3.05, 3.63) is 42.4 Å². The zero-order valence-corrected chi connectivity index (χ0v) is 12.7. The maximum absolute atomic E-state index is 12.2. The fourth-order valence-electron chi connectivity index (χ4n) is 2.04. The van der Waals surface area contributed by atoms with Crippen LogP contribution in [0.25, 0.3) is 0 Å². The molecule has 1 aromatic carbocycles. The van der Waals surface area contributed by atoms with Crippen LogP contribution in [0.3, 0.4) is 0 Å². The molecule has 1 aliphatic rings. The first kappa shape index (κ1) is 14.3.